The summed E-state index contributed by atoms with van der Waals surface area (Å²) >= 11 is 0. The van der Waals surface area contributed by atoms with Crippen LogP contribution in [0.2, 0.25) is 0 Å². The van der Waals surface area contributed by atoms with Crippen LogP contribution in [-0.2, 0) is 0 Å². The van der Waals surface area contributed by atoms with E-state index in [-0.39, 0.29) is 12.2 Å². The summed E-state index contributed by atoms with van der Waals surface area (Å²) in [4.78, 5) is 2.12. The van der Waals surface area contributed by atoms with Gasteiger partial charge in [-0.15, -0.1) is 0 Å². The van der Waals surface area contributed by atoms with Crippen molar-refractivity contribution in [2.24, 2.45) is 0 Å². The van der Waals surface area contributed by atoms with Crippen molar-refractivity contribution in [2.45, 2.75) is 57.8 Å². The molecular weight excluding hydrogens is 216 g/mol. The van der Waals surface area contributed by atoms with E-state index in [9.17, 15) is 10.2 Å². The summed E-state index contributed by atoms with van der Waals surface area (Å²) in [5.41, 5.74) is 0. The maximum atomic E-state index is 9.40. The summed E-state index contributed by atoms with van der Waals surface area (Å²) in [7, 11) is 0. The van der Waals surface area contributed by atoms with Crippen LogP contribution in [0.1, 0.15) is 39.5 Å². The molecule has 3 N–H and O–H groups in total. The Labute approximate surface area is 105 Å². The summed E-state index contributed by atoms with van der Waals surface area (Å²) in [6.45, 7) is 6.70. The lowest BCUT2D eigenvalue weighted by Crippen LogP contribution is -2.41. The Balaban J connectivity index is 2.17. The lowest BCUT2D eigenvalue weighted by Gasteiger charge is -2.25. The number of nitrogens with zero attached hydrogens (tertiary/aromatic N) is 1. The molecule has 2 unspecified atom stereocenters. The summed E-state index contributed by atoms with van der Waals surface area (Å²) in [6.07, 6.45) is 4.63. The van der Waals surface area contributed by atoms with E-state index in [1.807, 2.05) is 0 Å². The highest BCUT2D eigenvalue weighted by Crippen LogP contribution is 2.17. The second kappa shape index (κ2) is 8.03. The van der Waals surface area contributed by atoms with Gasteiger partial charge < -0.3 is 15.5 Å². The molecule has 0 aromatic carbocycles. The highest BCUT2D eigenvalue weighted by Gasteiger charge is 2.15. The molecule has 0 radical (unpaired) electrons. The van der Waals surface area contributed by atoms with Crippen molar-refractivity contribution in [3.63, 3.8) is 0 Å². The fourth-order valence-corrected chi connectivity index (χ4v) is 2.56. The molecule has 4 heteroatoms. The lowest BCUT2D eigenvalue weighted by molar-refractivity contribution is 0.0837. The molecule has 0 aromatic heterocycles. The molecule has 1 rings (SSSR count). The van der Waals surface area contributed by atoms with Gasteiger partial charge in [0.1, 0.15) is 0 Å². The zero-order valence-electron chi connectivity index (χ0n) is 11.2. The minimum Gasteiger partial charge on any atom is -0.392 e. The van der Waals surface area contributed by atoms with Gasteiger partial charge >= 0.3 is 0 Å². The SMILES string of the molecule is CC(O)CN(CCNC1CCCC1)CC(C)O. The normalized spacial score (nSPS) is 21.0. The van der Waals surface area contributed by atoms with Gasteiger partial charge in [-0.1, -0.05) is 12.8 Å². The third kappa shape index (κ3) is 6.99. The Morgan fingerprint density at radius 2 is 1.65 bits per heavy atom. The summed E-state index contributed by atoms with van der Waals surface area (Å²) < 4.78 is 0. The highest BCUT2D eigenvalue weighted by molar-refractivity contribution is 4.74. The fourth-order valence-electron chi connectivity index (χ4n) is 2.56. The standard InChI is InChI=1S/C13H28N2O2/c1-11(16)9-15(10-12(2)17)8-7-14-13-5-3-4-6-13/h11-14,16-17H,3-10H2,1-2H3. The topological polar surface area (TPSA) is 55.7 Å². The predicted octanol–water partition coefficient (Wildman–Crippen LogP) is 0.582. The van der Waals surface area contributed by atoms with E-state index in [0.717, 1.165) is 13.1 Å². The van der Waals surface area contributed by atoms with Crippen LogP contribution in [-0.4, -0.2) is 59.5 Å². The third-order valence-corrected chi connectivity index (χ3v) is 3.26. The average Bonchev–Trinajstić information content (AvgIpc) is 2.68. The van der Waals surface area contributed by atoms with E-state index < -0.39 is 0 Å². The molecule has 0 saturated heterocycles. The molecule has 1 saturated carbocycles. The largest absolute Gasteiger partial charge is 0.392 e. The highest BCUT2D eigenvalue weighted by atomic mass is 16.3. The van der Waals surface area contributed by atoms with E-state index in [2.05, 4.69) is 10.2 Å². The van der Waals surface area contributed by atoms with Crippen LogP contribution in [0, 0.1) is 0 Å². The van der Waals surface area contributed by atoms with Gasteiger partial charge in [-0.05, 0) is 26.7 Å². The fraction of sp³-hybridized carbons (Fsp3) is 1.00. The van der Waals surface area contributed by atoms with Gasteiger partial charge in [0.2, 0.25) is 0 Å². The average molecular weight is 244 g/mol. The maximum Gasteiger partial charge on any atom is 0.0639 e. The Morgan fingerprint density at radius 1 is 1.12 bits per heavy atom. The van der Waals surface area contributed by atoms with Gasteiger partial charge in [-0.2, -0.15) is 0 Å². The van der Waals surface area contributed by atoms with Crippen LogP contribution in [0.25, 0.3) is 0 Å². The molecule has 0 spiro atoms. The first-order valence-electron chi connectivity index (χ1n) is 6.90. The van der Waals surface area contributed by atoms with Crippen LogP contribution in [0.4, 0.5) is 0 Å². The molecule has 0 aliphatic heterocycles. The smallest absolute Gasteiger partial charge is 0.0639 e. The van der Waals surface area contributed by atoms with E-state index in [1.165, 1.54) is 25.7 Å². The first kappa shape index (κ1) is 14.9. The van der Waals surface area contributed by atoms with Crippen LogP contribution in [0.15, 0.2) is 0 Å². The molecule has 2 atom stereocenters. The minimum absolute atomic E-state index is 0.333. The second-order valence-corrected chi connectivity index (χ2v) is 5.39. The molecule has 0 amide bonds. The summed E-state index contributed by atoms with van der Waals surface area (Å²) in [6, 6.07) is 0.690. The summed E-state index contributed by atoms with van der Waals surface area (Å²) in [5, 5.41) is 22.4. The Bertz CT molecular complexity index is 182. The molecule has 17 heavy (non-hydrogen) atoms. The number of aliphatic hydroxyl groups excluding tert-OH is 2. The van der Waals surface area contributed by atoms with Crippen molar-refractivity contribution in [2.75, 3.05) is 26.2 Å². The van der Waals surface area contributed by atoms with E-state index in [4.69, 9.17) is 0 Å². The number of nitrogens with one attached hydrogen (secondary N) is 1. The van der Waals surface area contributed by atoms with Gasteiger partial charge in [0, 0.05) is 32.2 Å². The minimum atomic E-state index is -0.333. The molecule has 0 bridgehead atoms. The van der Waals surface area contributed by atoms with Crippen molar-refractivity contribution in [3.8, 4) is 0 Å². The van der Waals surface area contributed by atoms with Crippen molar-refractivity contribution >= 4 is 0 Å². The zero-order chi connectivity index (χ0) is 12.7. The first-order chi connectivity index (χ1) is 8.08. The van der Waals surface area contributed by atoms with Crippen LogP contribution < -0.4 is 5.32 Å². The molecule has 0 aromatic rings. The molecule has 102 valence electrons. The van der Waals surface area contributed by atoms with Crippen LogP contribution >= 0.6 is 0 Å². The summed E-state index contributed by atoms with van der Waals surface area (Å²) in [5.74, 6) is 0. The number of rotatable bonds is 8. The van der Waals surface area contributed by atoms with Gasteiger partial charge in [-0.25, -0.2) is 0 Å². The van der Waals surface area contributed by atoms with E-state index >= 15 is 0 Å². The van der Waals surface area contributed by atoms with Crippen molar-refractivity contribution < 1.29 is 10.2 Å². The number of aliphatic hydroxyl groups is 2. The Morgan fingerprint density at radius 3 is 2.12 bits per heavy atom. The number of hydrogen-bond acceptors (Lipinski definition) is 4. The maximum absolute atomic E-state index is 9.40. The van der Waals surface area contributed by atoms with Crippen molar-refractivity contribution in [1.29, 1.82) is 0 Å². The molecule has 1 aliphatic carbocycles. The van der Waals surface area contributed by atoms with Gasteiger partial charge in [0.05, 0.1) is 12.2 Å². The van der Waals surface area contributed by atoms with E-state index in [1.54, 1.807) is 13.8 Å². The Kier molecular flexibility index (Phi) is 7.04. The van der Waals surface area contributed by atoms with Gasteiger partial charge in [-0.3, -0.25) is 4.90 Å². The van der Waals surface area contributed by atoms with Crippen molar-refractivity contribution in [3.05, 3.63) is 0 Å². The molecule has 1 aliphatic rings. The lowest BCUT2D eigenvalue weighted by atomic mass is 10.2. The molecular formula is C13H28N2O2. The quantitative estimate of drug-likeness (QED) is 0.585. The van der Waals surface area contributed by atoms with Gasteiger partial charge in [0.15, 0.2) is 0 Å². The van der Waals surface area contributed by atoms with Crippen LogP contribution in [0.3, 0.4) is 0 Å². The monoisotopic (exact) mass is 244 g/mol. The first-order valence-corrected chi connectivity index (χ1v) is 6.90. The molecule has 4 nitrogen and oxygen atoms in total. The van der Waals surface area contributed by atoms with Crippen LogP contribution in [0.5, 0.6) is 0 Å². The zero-order valence-corrected chi connectivity index (χ0v) is 11.2. The third-order valence-electron chi connectivity index (χ3n) is 3.26. The van der Waals surface area contributed by atoms with Crippen molar-refractivity contribution in [1.82, 2.24) is 10.2 Å². The number of hydrogen-bond donors (Lipinski definition) is 3. The van der Waals surface area contributed by atoms with E-state index in [0.29, 0.717) is 19.1 Å². The molecule has 1 fully saturated rings. The predicted molar refractivity (Wildman–Crippen MR) is 70.1 cm³/mol. The van der Waals surface area contributed by atoms with Gasteiger partial charge in [0.25, 0.3) is 0 Å². The second-order valence-electron chi connectivity index (χ2n) is 5.39. The Hall–Kier alpha value is -0.160. The molecule has 0 heterocycles.